The van der Waals surface area contributed by atoms with Crippen LogP contribution in [0, 0.1) is 25.2 Å². The van der Waals surface area contributed by atoms with E-state index < -0.39 is 0 Å². The summed E-state index contributed by atoms with van der Waals surface area (Å²) in [5, 5.41) is 17.4. The molecule has 0 atom stereocenters. The van der Waals surface area contributed by atoms with E-state index in [1.54, 1.807) is 4.52 Å². The van der Waals surface area contributed by atoms with E-state index in [9.17, 15) is 10.1 Å². The third-order valence-electron chi connectivity index (χ3n) is 6.57. The largest absolute Gasteiger partial charge is 0.355 e. The van der Waals surface area contributed by atoms with Crippen molar-refractivity contribution in [3.8, 4) is 6.07 Å². The Balaban J connectivity index is 1.43. The number of aromatic nitrogens is 3. The first-order valence-electron chi connectivity index (χ1n) is 10.7. The van der Waals surface area contributed by atoms with Gasteiger partial charge in [-0.1, -0.05) is 36.6 Å². The molecule has 0 radical (unpaired) electrons. The van der Waals surface area contributed by atoms with Crippen LogP contribution in [0.3, 0.4) is 0 Å². The minimum atomic E-state index is -0.00466. The first-order valence-corrected chi connectivity index (χ1v) is 11.1. The summed E-state index contributed by atoms with van der Waals surface area (Å²) < 4.78 is 1.69. The Morgan fingerprint density at radius 2 is 1.97 bits per heavy atom. The molecule has 7 heteroatoms. The van der Waals surface area contributed by atoms with Crippen molar-refractivity contribution in [1.82, 2.24) is 19.9 Å². The zero-order chi connectivity index (χ0) is 22.0. The summed E-state index contributed by atoms with van der Waals surface area (Å²) in [5.74, 6) is 0.0392. The van der Waals surface area contributed by atoms with Crippen LogP contribution < -0.4 is 5.32 Å². The van der Waals surface area contributed by atoms with Gasteiger partial charge < -0.3 is 5.32 Å². The average Bonchev–Trinajstić information content (AvgIpc) is 3.40. The molecule has 1 aliphatic carbocycles. The number of hydrogen-bond donors (Lipinski definition) is 1. The van der Waals surface area contributed by atoms with Gasteiger partial charge >= 0.3 is 0 Å². The number of amides is 1. The maximum Gasteiger partial charge on any atom is 0.220 e. The van der Waals surface area contributed by atoms with E-state index in [4.69, 9.17) is 11.6 Å². The third-order valence-corrected chi connectivity index (χ3v) is 6.82. The number of nitriles is 1. The van der Waals surface area contributed by atoms with Crippen molar-refractivity contribution in [3.05, 3.63) is 63.6 Å². The Morgan fingerprint density at radius 3 is 2.65 bits per heavy atom. The highest BCUT2D eigenvalue weighted by Gasteiger charge is 2.35. The van der Waals surface area contributed by atoms with E-state index in [-0.39, 0.29) is 11.3 Å². The van der Waals surface area contributed by atoms with Gasteiger partial charge in [0.15, 0.2) is 5.65 Å². The number of hydrogen-bond acceptors (Lipinski definition) is 4. The SMILES string of the molecule is Cc1nc2c(C#N)cnn2c(C)c1CCC(=O)NCC1(c2ccc(Cl)cc2)CCCC1. The first kappa shape index (κ1) is 21.3. The Kier molecular flexibility index (Phi) is 5.97. The molecule has 0 spiro atoms. The molecule has 4 rings (SSSR count). The maximum atomic E-state index is 12.7. The summed E-state index contributed by atoms with van der Waals surface area (Å²) in [6.07, 6.45) is 7.01. The fourth-order valence-corrected chi connectivity index (χ4v) is 4.90. The second kappa shape index (κ2) is 8.68. The minimum Gasteiger partial charge on any atom is -0.355 e. The predicted octanol–water partition coefficient (Wildman–Crippen LogP) is 4.43. The number of carbonyl (C=O) groups excluding carboxylic acids is 1. The number of rotatable bonds is 6. The Morgan fingerprint density at radius 1 is 1.26 bits per heavy atom. The van der Waals surface area contributed by atoms with Crippen LogP contribution in [0.15, 0.2) is 30.5 Å². The molecule has 2 heterocycles. The topological polar surface area (TPSA) is 83.1 Å². The molecule has 0 saturated heterocycles. The van der Waals surface area contributed by atoms with Gasteiger partial charge in [0.05, 0.1) is 6.20 Å². The fraction of sp³-hybridized carbons (Fsp3) is 0.417. The van der Waals surface area contributed by atoms with Gasteiger partial charge in [-0.3, -0.25) is 4.79 Å². The number of benzene rings is 1. The van der Waals surface area contributed by atoms with Crippen LogP contribution in [0.5, 0.6) is 0 Å². The Labute approximate surface area is 187 Å². The predicted molar refractivity (Wildman–Crippen MR) is 120 cm³/mol. The number of aryl methyl sites for hydroxylation is 2. The monoisotopic (exact) mass is 435 g/mol. The summed E-state index contributed by atoms with van der Waals surface area (Å²) in [6, 6.07) is 10.2. The molecule has 1 N–H and O–H groups in total. The van der Waals surface area contributed by atoms with E-state index in [0.717, 1.165) is 34.8 Å². The highest BCUT2D eigenvalue weighted by Crippen LogP contribution is 2.41. The normalized spacial score (nSPS) is 15.2. The van der Waals surface area contributed by atoms with Crippen molar-refractivity contribution in [2.45, 2.75) is 57.8 Å². The molecule has 160 valence electrons. The molecule has 3 aromatic rings. The van der Waals surface area contributed by atoms with Crippen molar-refractivity contribution < 1.29 is 4.79 Å². The molecule has 1 aliphatic rings. The highest BCUT2D eigenvalue weighted by molar-refractivity contribution is 6.30. The zero-order valence-corrected chi connectivity index (χ0v) is 18.7. The number of halogens is 1. The Hall–Kier alpha value is -2.91. The number of carbonyl (C=O) groups is 1. The van der Waals surface area contributed by atoms with Gasteiger partial charge in [-0.25, -0.2) is 9.50 Å². The highest BCUT2D eigenvalue weighted by atomic mass is 35.5. The molecule has 2 aromatic heterocycles. The smallest absolute Gasteiger partial charge is 0.220 e. The summed E-state index contributed by atoms with van der Waals surface area (Å²) in [6.45, 7) is 4.52. The molecule has 6 nitrogen and oxygen atoms in total. The van der Waals surface area contributed by atoms with Crippen LogP contribution in [0.25, 0.3) is 5.65 Å². The van der Waals surface area contributed by atoms with Crippen LogP contribution in [0.2, 0.25) is 5.02 Å². The van der Waals surface area contributed by atoms with Crippen LogP contribution in [-0.2, 0) is 16.6 Å². The van der Waals surface area contributed by atoms with E-state index in [2.05, 4.69) is 33.6 Å². The van der Waals surface area contributed by atoms with Crippen molar-refractivity contribution in [3.63, 3.8) is 0 Å². The zero-order valence-electron chi connectivity index (χ0n) is 17.9. The molecule has 1 aromatic carbocycles. The van der Waals surface area contributed by atoms with Gasteiger partial charge in [-0.05, 0) is 56.4 Å². The quantitative estimate of drug-likeness (QED) is 0.620. The van der Waals surface area contributed by atoms with Crippen LogP contribution >= 0.6 is 11.6 Å². The van der Waals surface area contributed by atoms with Crippen LogP contribution in [0.4, 0.5) is 0 Å². The molecule has 0 aliphatic heterocycles. The molecule has 31 heavy (non-hydrogen) atoms. The lowest BCUT2D eigenvalue weighted by Gasteiger charge is -2.30. The standard InChI is InChI=1S/C24H26ClN5O/c1-16-21(17(2)30-23(29-16)18(13-26)14-28-30)9-10-22(31)27-15-24(11-3-4-12-24)19-5-7-20(25)8-6-19/h5-8,14H,3-4,9-12,15H2,1-2H3,(H,27,31). The van der Waals surface area contributed by atoms with E-state index in [1.807, 2.05) is 26.0 Å². The van der Waals surface area contributed by atoms with Gasteiger partial charge in [0.25, 0.3) is 0 Å². The lowest BCUT2D eigenvalue weighted by atomic mass is 9.79. The van der Waals surface area contributed by atoms with Gasteiger partial charge in [-0.15, -0.1) is 0 Å². The summed E-state index contributed by atoms with van der Waals surface area (Å²) >= 11 is 6.07. The average molecular weight is 436 g/mol. The van der Waals surface area contributed by atoms with Crippen molar-refractivity contribution in [1.29, 1.82) is 5.26 Å². The van der Waals surface area contributed by atoms with Gasteiger partial charge in [0, 0.05) is 34.8 Å². The van der Waals surface area contributed by atoms with E-state index in [1.165, 1.54) is 24.6 Å². The molecule has 1 amide bonds. The Bertz CT molecular complexity index is 1150. The van der Waals surface area contributed by atoms with Crippen LogP contribution in [0.1, 0.15) is 60.2 Å². The lowest BCUT2D eigenvalue weighted by Crippen LogP contribution is -2.39. The maximum absolute atomic E-state index is 12.7. The number of nitrogens with zero attached hydrogens (tertiary/aromatic N) is 4. The van der Waals surface area contributed by atoms with Gasteiger partial charge in [0.2, 0.25) is 5.91 Å². The fourth-order valence-electron chi connectivity index (χ4n) is 4.77. The van der Waals surface area contributed by atoms with Crippen molar-refractivity contribution in [2.24, 2.45) is 0 Å². The molecule has 1 saturated carbocycles. The second-order valence-corrected chi connectivity index (χ2v) is 8.87. The van der Waals surface area contributed by atoms with Crippen LogP contribution in [-0.4, -0.2) is 27.0 Å². The van der Waals surface area contributed by atoms with E-state index >= 15 is 0 Å². The minimum absolute atomic E-state index is 0.00466. The summed E-state index contributed by atoms with van der Waals surface area (Å²) in [5.41, 5.74) is 5.03. The van der Waals surface area contributed by atoms with Crippen molar-refractivity contribution in [2.75, 3.05) is 6.54 Å². The molecular weight excluding hydrogens is 410 g/mol. The molecule has 0 unspecified atom stereocenters. The molecular formula is C24H26ClN5O. The molecule has 0 bridgehead atoms. The van der Waals surface area contributed by atoms with Crippen molar-refractivity contribution >= 4 is 23.2 Å². The third kappa shape index (κ3) is 4.15. The summed E-state index contributed by atoms with van der Waals surface area (Å²) in [4.78, 5) is 17.3. The molecule has 1 fully saturated rings. The van der Waals surface area contributed by atoms with Gasteiger partial charge in [-0.2, -0.15) is 10.4 Å². The van der Waals surface area contributed by atoms with Gasteiger partial charge in [0.1, 0.15) is 11.6 Å². The first-order chi connectivity index (χ1) is 14.9. The number of fused-ring (bicyclic) bond motifs is 1. The van der Waals surface area contributed by atoms with E-state index in [0.29, 0.717) is 30.6 Å². The summed E-state index contributed by atoms with van der Waals surface area (Å²) in [7, 11) is 0. The lowest BCUT2D eigenvalue weighted by molar-refractivity contribution is -0.121. The number of nitrogens with one attached hydrogen (secondary N) is 1. The second-order valence-electron chi connectivity index (χ2n) is 8.44.